The predicted molar refractivity (Wildman–Crippen MR) is 148 cm³/mol. The molecule has 5 atom stereocenters. The van der Waals surface area contributed by atoms with Crippen LogP contribution >= 0.6 is 0 Å². The van der Waals surface area contributed by atoms with Gasteiger partial charge in [0.25, 0.3) is 5.95 Å². The molecule has 0 spiro atoms. The first-order valence-electron chi connectivity index (χ1n) is 14.6. The summed E-state index contributed by atoms with van der Waals surface area (Å²) in [5, 5.41) is 11.8. The Bertz CT molecular complexity index is 1670. The standard InChI is InChI=1S/C30H27F9N6O2/c1-15-7-25(44(27-40-42-43(2)41-27)14-17-9-19(28(31,32)33)12-20(10-17)29(34,35)36)23-13-21(47-30(37,38)39)5-6-24(23)45(15)26(46)22-11-16-3-4-18(22)8-16/h3-6,9-10,12-13,15-16,18,22,25H,7-8,11,14H2,1-2H3/t15-,16+,18-,22+,25+/m1/s1. The molecule has 2 aliphatic carbocycles. The SMILES string of the molecule is C[C@@H]1C[C@H](N(Cc2cc(C(F)(F)F)cc(C(F)(F)F)c2)c2nnn(C)n2)c2cc(OC(F)(F)F)ccc2N1C(=O)[C@H]1C[C@H]2C=C[C@@H]1C2. The number of fused-ring (bicyclic) bond motifs is 3. The molecule has 2 heterocycles. The third-order valence-corrected chi connectivity index (χ3v) is 8.82. The van der Waals surface area contributed by atoms with Crippen molar-refractivity contribution in [2.24, 2.45) is 24.8 Å². The molecule has 1 fully saturated rings. The van der Waals surface area contributed by atoms with Crippen molar-refractivity contribution in [2.75, 3.05) is 9.80 Å². The third-order valence-electron chi connectivity index (χ3n) is 8.82. The zero-order valence-corrected chi connectivity index (χ0v) is 24.7. The van der Waals surface area contributed by atoms with Crippen LogP contribution in [-0.4, -0.2) is 38.5 Å². The van der Waals surface area contributed by atoms with E-state index >= 15 is 0 Å². The summed E-state index contributed by atoms with van der Waals surface area (Å²) in [7, 11) is 1.39. The lowest BCUT2D eigenvalue weighted by Crippen LogP contribution is -2.49. The molecule has 6 rings (SSSR count). The molecule has 2 bridgehead atoms. The number of alkyl halides is 9. The zero-order chi connectivity index (χ0) is 34.1. The molecular formula is C30H27F9N6O2. The van der Waals surface area contributed by atoms with E-state index in [1.54, 1.807) is 6.92 Å². The maximum Gasteiger partial charge on any atom is 0.573 e. The van der Waals surface area contributed by atoms with Gasteiger partial charge >= 0.3 is 18.7 Å². The fourth-order valence-electron chi connectivity index (χ4n) is 6.90. The Labute approximate surface area is 261 Å². The fraction of sp³-hybridized carbons (Fsp3) is 0.467. The Kier molecular flexibility index (Phi) is 7.94. The van der Waals surface area contributed by atoms with Crippen LogP contribution in [-0.2, 0) is 30.7 Å². The number of anilines is 2. The molecule has 1 aromatic heterocycles. The number of nitrogens with zero attached hydrogens (tertiary/aromatic N) is 6. The molecule has 1 aliphatic heterocycles. The van der Waals surface area contributed by atoms with Crippen LogP contribution in [0, 0.1) is 17.8 Å². The highest BCUT2D eigenvalue weighted by molar-refractivity contribution is 5.98. The molecule has 0 saturated heterocycles. The molecule has 0 radical (unpaired) electrons. The summed E-state index contributed by atoms with van der Waals surface area (Å²) in [6, 6.07) is 2.92. The van der Waals surface area contributed by atoms with E-state index in [0.717, 1.165) is 23.4 Å². The number of benzene rings is 2. The molecule has 47 heavy (non-hydrogen) atoms. The highest BCUT2D eigenvalue weighted by atomic mass is 19.4. The van der Waals surface area contributed by atoms with E-state index in [-0.39, 0.29) is 53.3 Å². The second-order valence-electron chi connectivity index (χ2n) is 12.1. The summed E-state index contributed by atoms with van der Waals surface area (Å²) >= 11 is 0. The van der Waals surface area contributed by atoms with Gasteiger partial charge in [0.2, 0.25) is 5.91 Å². The number of hydrogen-bond acceptors (Lipinski definition) is 6. The largest absolute Gasteiger partial charge is 0.573 e. The number of allylic oxidation sites excluding steroid dienone is 2. The minimum atomic E-state index is -5.11. The number of amides is 1. The van der Waals surface area contributed by atoms with Crippen molar-refractivity contribution >= 4 is 17.5 Å². The van der Waals surface area contributed by atoms with Crippen molar-refractivity contribution in [1.82, 2.24) is 20.2 Å². The van der Waals surface area contributed by atoms with E-state index in [0.29, 0.717) is 18.6 Å². The third kappa shape index (κ3) is 6.61. The van der Waals surface area contributed by atoms with Crippen molar-refractivity contribution in [3.05, 3.63) is 70.8 Å². The van der Waals surface area contributed by atoms with E-state index in [9.17, 15) is 44.3 Å². The number of hydrogen-bond donors (Lipinski definition) is 0. The van der Waals surface area contributed by atoms with Gasteiger partial charge < -0.3 is 14.5 Å². The van der Waals surface area contributed by atoms with Gasteiger partial charge in [-0.1, -0.05) is 17.3 Å². The number of tetrazole rings is 1. The summed E-state index contributed by atoms with van der Waals surface area (Å²) < 4.78 is 126. The average molecular weight is 675 g/mol. The smallest absolute Gasteiger partial charge is 0.406 e. The van der Waals surface area contributed by atoms with Crippen LogP contribution in [0.25, 0.3) is 0 Å². The second-order valence-corrected chi connectivity index (χ2v) is 12.1. The molecular weight excluding hydrogens is 647 g/mol. The van der Waals surface area contributed by atoms with Crippen molar-refractivity contribution in [1.29, 1.82) is 0 Å². The highest BCUT2D eigenvalue weighted by Gasteiger charge is 2.46. The lowest BCUT2D eigenvalue weighted by atomic mass is 9.86. The quantitative estimate of drug-likeness (QED) is 0.203. The van der Waals surface area contributed by atoms with E-state index < -0.39 is 59.8 Å². The van der Waals surface area contributed by atoms with Crippen molar-refractivity contribution < 1.29 is 49.0 Å². The van der Waals surface area contributed by atoms with Crippen molar-refractivity contribution in [3.8, 4) is 5.75 Å². The van der Waals surface area contributed by atoms with Gasteiger partial charge in [0.05, 0.1) is 24.2 Å². The normalized spacial score (nSPS) is 24.1. The molecule has 0 unspecified atom stereocenters. The summed E-state index contributed by atoms with van der Waals surface area (Å²) in [5.41, 5.74) is -3.14. The molecule has 17 heteroatoms. The summed E-state index contributed by atoms with van der Waals surface area (Å²) in [6.45, 7) is 1.09. The Morgan fingerprint density at radius 2 is 1.62 bits per heavy atom. The van der Waals surface area contributed by atoms with Crippen LogP contribution in [0.4, 0.5) is 51.1 Å². The van der Waals surface area contributed by atoms with Gasteiger partial charge in [0.1, 0.15) is 5.75 Å². The van der Waals surface area contributed by atoms with Crippen LogP contribution in [0.1, 0.15) is 54.5 Å². The topological polar surface area (TPSA) is 76.4 Å². The molecule has 3 aromatic rings. The molecule has 3 aliphatic rings. The monoisotopic (exact) mass is 674 g/mol. The summed E-state index contributed by atoms with van der Waals surface area (Å²) in [4.78, 5) is 17.8. The molecule has 2 aromatic carbocycles. The van der Waals surface area contributed by atoms with Crippen molar-refractivity contribution in [2.45, 2.75) is 63.5 Å². The van der Waals surface area contributed by atoms with Gasteiger partial charge in [-0.3, -0.25) is 4.79 Å². The van der Waals surface area contributed by atoms with Gasteiger partial charge in [-0.15, -0.1) is 18.3 Å². The number of halogens is 9. The lowest BCUT2D eigenvalue weighted by molar-refractivity contribution is -0.274. The molecule has 0 N–H and O–H groups in total. The Morgan fingerprint density at radius 1 is 0.936 bits per heavy atom. The van der Waals surface area contributed by atoms with Gasteiger partial charge in [-0.05, 0) is 85.2 Å². The number of carbonyl (C=O) groups is 1. The van der Waals surface area contributed by atoms with Crippen molar-refractivity contribution in [3.63, 3.8) is 0 Å². The highest BCUT2D eigenvalue weighted by Crippen LogP contribution is 2.49. The summed E-state index contributed by atoms with van der Waals surface area (Å²) in [6.07, 6.45) is -9.82. The average Bonchev–Trinajstić information content (AvgIpc) is 3.71. The number of carbonyl (C=O) groups excluding carboxylic acids is 1. The fourth-order valence-corrected chi connectivity index (χ4v) is 6.90. The first-order valence-corrected chi connectivity index (χ1v) is 14.6. The van der Waals surface area contributed by atoms with E-state index in [2.05, 4.69) is 26.2 Å². The van der Waals surface area contributed by atoms with E-state index in [4.69, 9.17) is 0 Å². The van der Waals surface area contributed by atoms with Gasteiger partial charge in [-0.2, -0.15) is 31.1 Å². The number of aryl methyl sites for hydroxylation is 1. The zero-order valence-electron chi connectivity index (χ0n) is 24.7. The Hall–Kier alpha value is -4.31. The number of ether oxygens (including phenoxy) is 1. The molecule has 252 valence electrons. The van der Waals surface area contributed by atoms with E-state index in [1.807, 2.05) is 6.08 Å². The molecule has 1 saturated carbocycles. The Morgan fingerprint density at radius 3 is 2.15 bits per heavy atom. The maximum absolute atomic E-state index is 14.0. The van der Waals surface area contributed by atoms with Crippen LogP contribution in [0.2, 0.25) is 0 Å². The van der Waals surface area contributed by atoms with Gasteiger partial charge in [0, 0.05) is 29.8 Å². The van der Waals surface area contributed by atoms with Crippen LogP contribution in [0.15, 0.2) is 48.6 Å². The molecule has 8 nitrogen and oxygen atoms in total. The minimum Gasteiger partial charge on any atom is -0.406 e. The first kappa shape index (κ1) is 32.6. The maximum atomic E-state index is 14.0. The molecule has 1 amide bonds. The predicted octanol–water partition coefficient (Wildman–Crippen LogP) is 7.23. The van der Waals surface area contributed by atoms with Gasteiger partial charge in [0.15, 0.2) is 0 Å². The van der Waals surface area contributed by atoms with Crippen LogP contribution in [0.3, 0.4) is 0 Å². The number of rotatable bonds is 6. The summed E-state index contributed by atoms with van der Waals surface area (Å²) in [5.74, 6) is -1.16. The van der Waals surface area contributed by atoms with E-state index in [1.165, 1.54) is 22.9 Å². The Balaban J connectivity index is 1.47. The van der Waals surface area contributed by atoms with Gasteiger partial charge in [-0.25, -0.2) is 0 Å². The van der Waals surface area contributed by atoms with Crippen LogP contribution < -0.4 is 14.5 Å². The van der Waals surface area contributed by atoms with Crippen LogP contribution in [0.5, 0.6) is 5.75 Å². The minimum absolute atomic E-state index is 0.00150. The lowest BCUT2D eigenvalue weighted by Gasteiger charge is -2.44. The number of aromatic nitrogens is 4. The first-order chi connectivity index (χ1) is 21.9. The second kappa shape index (κ2) is 11.4.